The van der Waals surface area contributed by atoms with E-state index in [-0.39, 0.29) is 22.7 Å². The highest BCUT2D eigenvalue weighted by molar-refractivity contribution is 7.12. The molecule has 114 valence electrons. The zero-order chi connectivity index (χ0) is 16.1. The number of rotatable bonds is 5. The van der Waals surface area contributed by atoms with Gasteiger partial charge in [0, 0.05) is 11.6 Å². The summed E-state index contributed by atoms with van der Waals surface area (Å²) in [6, 6.07) is 5.57. The van der Waals surface area contributed by atoms with Crippen LogP contribution in [0, 0.1) is 10.1 Å². The van der Waals surface area contributed by atoms with Crippen molar-refractivity contribution in [2.45, 2.75) is 0 Å². The Kier molecular flexibility index (Phi) is 4.69. The van der Waals surface area contributed by atoms with Gasteiger partial charge >= 0.3 is 0 Å². The van der Waals surface area contributed by atoms with Crippen molar-refractivity contribution < 1.29 is 19.6 Å². The molecule has 2 N–H and O–H groups in total. The summed E-state index contributed by atoms with van der Waals surface area (Å²) >= 11 is 1.25. The summed E-state index contributed by atoms with van der Waals surface area (Å²) in [5, 5.41) is 26.1. The molecule has 2 rings (SSSR count). The Bertz CT molecular complexity index is 728. The first-order chi connectivity index (χ1) is 10.5. The molecular formula is C13H11N3O5S. The Morgan fingerprint density at radius 2 is 2.32 bits per heavy atom. The zero-order valence-corrected chi connectivity index (χ0v) is 12.2. The number of nitro groups is 1. The predicted molar refractivity (Wildman–Crippen MR) is 80.7 cm³/mol. The van der Waals surface area contributed by atoms with Crippen LogP contribution in [0.5, 0.6) is 11.5 Å². The van der Waals surface area contributed by atoms with Crippen LogP contribution < -0.4 is 10.2 Å². The highest BCUT2D eigenvalue weighted by atomic mass is 32.1. The molecule has 0 bridgehead atoms. The van der Waals surface area contributed by atoms with Crippen LogP contribution in [0.15, 0.2) is 34.7 Å². The first kappa shape index (κ1) is 15.4. The Morgan fingerprint density at radius 1 is 1.55 bits per heavy atom. The molecule has 2 aromatic rings. The molecule has 1 heterocycles. The number of nitrogens with one attached hydrogen (secondary N) is 1. The Balaban J connectivity index is 2.21. The minimum absolute atomic E-state index is 0.0533. The van der Waals surface area contributed by atoms with Gasteiger partial charge in [-0.3, -0.25) is 14.9 Å². The standard InChI is InChI=1S/C13H11N3O5S/c1-21-10-6-9(16(19)20)5-8(12(10)17)7-14-15-13(18)11-3-2-4-22-11/h2-7,17H,1H3,(H,15,18)/b14-7+. The van der Waals surface area contributed by atoms with Crippen molar-refractivity contribution in [1.82, 2.24) is 5.43 Å². The van der Waals surface area contributed by atoms with Crippen LogP contribution in [0.2, 0.25) is 0 Å². The molecule has 0 fully saturated rings. The maximum absolute atomic E-state index is 11.7. The summed E-state index contributed by atoms with van der Waals surface area (Å²) in [6.45, 7) is 0. The average molecular weight is 321 g/mol. The van der Waals surface area contributed by atoms with Crippen molar-refractivity contribution in [3.63, 3.8) is 0 Å². The lowest BCUT2D eigenvalue weighted by Crippen LogP contribution is -2.16. The van der Waals surface area contributed by atoms with E-state index >= 15 is 0 Å². The molecule has 0 aliphatic rings. The number of hydrogen-bond donors (Lipinski definition) is 2. The van der Waals surface area contributed by atoms with Crippen LogP contribution in [0.3, 0.4) is 0 Å². The summed E-state index contributed by atoms with van der Waals surface area (Å²) in [5.41, 5.74) is 2.06. The van der Waals surface area contributed by atoms with Crippen molar-refractivity contribution in [1.29, 1.82) is 0 Å². The van der Waals surface area contributed by atoms with E-state index in [1.807, 2.05) is 0 Å². The topological polar surface area (TPSA) is 114 Å². The highest BCUT2D eigenvalue weighted by Gasteiger charge is 2.15. The van der Waals surface area contributed by atoms with Crippen molar-refractivity contribution in [3.05, 3.63) is 50.2 Å². The number of phenols is 1. The number of ether oxygens (including phenoxy) is 1. The number of carbonyl (C=O) groups is 1. The highest BCUT2D eigenvalue weighted by Crippen LogP contribution is 2.33. The molecule has 1 aromatic carbocycles. The Morgan fingerprint density at radius 3 is 2.91 bits per heavy atom. The summed E-state index contributed by atoms with van der Waals surface area (Å²) < 4.78 is 4.86. The van der Waals surface area contributed by atoms with Crippen LogP contribution in [0.4, 0.5) is 5.69 Å². The number of nitro benzene ring substituents is 1. The van der Waals surface area contributed by atoms with E-state index in [2.05, 4.69) is 10.5 Å². The number of benzene rings is 1. The SMILES string of the molecule is COc1cc([N+](=O)[O-])cc(/C=N/NC(=O)c2cccs2)c1O. The molecule has 0 saturated heterocycles. The fourth-order valence-electron chi connectivity index (χ4n) is 1.60. The number of phenolic OH excluding ortho intramolecular Hbond substituents is 1. The minimum atomic E-state index is -0.621. The third kappa shape index (κ3) is 3.38. The third-order valence-electron chi connectivity index (χ3n) is 2.63. The fraction of sp³-hybridized carbons (Fsp3) is 0.0769. The van der Waals surface area contributed by atoms with Crippen molar-refractivity contribution in [2.24, 2.45) is 5.10 Å². The molecule has 0 saturated carbocycles. The molecular weight excluding hydrogens is 310 g/mol. The summed E-state index contributed by atoms with van der Waals surface area (Å²) in [6.07, 6.45) is 1.11. The maximum Gasteiger partial charge on any atom is 0.281 e. The predicted octanol–water partition coefficient (Wildman–Crippen LogP) is 2.13. The first-order valence-corrected chi connectivity index (χ1v) is 6.83. The molecule has 0 unspecified atom stereocenters. The average Bonchev–Trinajstić information content (AvgIpc) is 3.03. The first-order valence-electron chi connectivity index (χ1n) is 5.95. The monoisotopic (exact) mass is 321 g/mol. The van der Waals surface area contributed by atoms with E-state index < -0.39 is 10.8 Å². The summed E-state index contributed by atoms with van der Waals surface area (Å²) in [5.74, 6) is -0.773. The lowest BCUT2D eigenvalue weighted by Gasteiger charge is -2.05. The van der Waals surface area contributed by atoms with Crippen LogP contribution in [0.1, 0.15) is 15.2 Å². The summed E-state index contributed by atoms with van der Waals surface area (Å²) in [7, 11) is 1.28. The third-order valence-corrected chi connectivity index (χ3v) is 3.50. The van der Waals surface area contributed by atoms with Crippen molar-refractivity contribution >= 4 is 29.1 Å². The number of non-ortho nitro benzene ring substituents is 1. The maximum atomic E-state index is 11.7. The quantitative estimate of drug-likeness (QED) is 0.497. The number of hydrazone groups is 1. The van der Waals surface area contributed by atoms with E-state index in [1.165, 1.54) is 18.4 Å². The number of hydrogen-bond acceptors (Lipinski definition) is 7. The van der Waals surface area contributed by atoms with Gasteiger partial charge in [0.15, 0.2) is 11.5 Å². The number of thiophene rings is 1. The second-order valence-corrected chi connectivity index (χ2v) is 4.97. The van der Waals surface area contributed by atoms with Gasteiger partial charge in [0.25, 0.3) is 11.6 Å². The van der Waals surface area contributed by atoms with Crippen LogP contribution >= 0.6 is 11.3 Å². The molecule has 0 radical (unpaired) electrons. The van der Waals surface area contributed by atoms with Gasteiger partial charge in [-0.05, 0) is 11.4 Å². The number of aromatic hydroxyl groups is 1. The van der Waals surface area contributed by atoms with Gasteiger partial charge in [-0.25, -0.2) is 5.43 Å². The fourth-order valence-corrected chi connectivity index (χ4v) is 2.21. The van der Waals surface area contributed by atoms with Gasteiger partial charge in [-0.1, -0.05) is 6.07 Å². The minimum Gasteiger partial charge on any atom is -0.504 e. The molecule has 22 heavy (non-hydrogen) atoms. The normalized spacial score (nSPS) is 10.6. The van der Waals surface area contributed by atoms with Crippen LogP contribution in [0.25, 0.3) is 0 Å². The molecule has 0 spiro atoms. The Hall–Kier alpha value is -2.94. The van der Waals surface area contributed by atoms with Gasteiger partial charge in [-0.2, -0.15) is 5.10 Å². The lowest BCUT2D eigenvalue weighted by molar-refractivity contribution is -0.385. The molecule has 0 aliphatic heterocycles. The van der Waals surface area contributed by atoms with Gasteiger partial charge in [0.2, 0.25) is 0 Å². The van der Waals surface area contributed by atoms with Gasteiger partial charge in [0.1, 0.15) is 0 Å². The van der Waals surface area contributed by atoms with E-state index in [9.17, 15) is 20.0 Å². The zero-order valence-electron chi connectivity index (χ0n) is 11.3. The number of methoxy groups -OCH3 is 1. The second kappa shape index (κ2) is 6.68. The van der Waals surface area contributed by atoms with E-state index in [1.54, 1.807) is 17.5 Å². The van der Waals surface area contributed by atoms with E-state index in [0.29, 0.717) is 4.88 Å². The van der Waals surface area contributed by atoms with E-state index in [4.69, 9.17) is 4.74 Å². The van der Waals surface area contributed by atoms with Gasteiger partial charge in [0.05, 0.1) is 29.2 Å². The molecule has 0 aliphatic carbocycles. The molecule has 9 heteroatoms. The van der Waals surface area contributed by atoms with Gasteiger partial charge in [-0.15, -0.1) is 11.3 Å². The van der Waals surface area contributed by atoms with E-state index in [0.717, 1.165) is 18.3 Å². The molecule has 1 aromatic heterocycles. The molecule has 0 atom stereocenters. The van der Waals surface area contributed by atoms with Crippen molar-refractivity contribution in [3.8, 4) is 11.5 Å². The number of nitrogens with zero attached hydrogens (tertiary/aromatic N) is 2. The molecule has 8 nitrogen and oxygen atoms in total. The lowest BCUT2D eigenvalue weighted by atomic mass is 10.2. The van der Waals surface area contributed by atoms with Crippen molar-refractivity contribution in [2.75, 3.05) is 7.11 Å². The number of carbonyl (C=O) groups excluding carboxylic acids is 1. The number of amides is 1. The van der Waals surface area contributed by atoms with Gasteiger partial charge < -0.3 is 9.84 Å². The summed E-state index contributed by atoms with van der Waals surface area (Å²) in [4.78, 5) is 22.3. The van der Waals surface area contributed by atoms with Crippen LogP contribution in [-0.2, 0) is 0 Å². The smallest absolute Gasteiger partial charge is 0.281 e. The molecule has 1 amide bonds. The van der Waals surface area contributed by atoms with Crippen LogP contribution in [-0.4, -0.2) is 29.3 Å². The largest absolute Gasteiger partial charge is 0.504 e. The second-order valence-electron chi connectivity index (χ2n) is 4.02. The Labute approximate surface area is 128 Å².